The number of sulfonamides is 1. The number of benzene rings is 2. The van der Waals surface area contributed by atoms with Crippen molar-refractivity contribution in [3.63, 3.8) is 0 Å². The van der Waals surface area contributed by atoms with Gasteiger partial charge in [-0.1, -0.05) is 23.7 Å². The molecule has 2 rings (SSSR count). The number of rotatable bonds is 9. The van der Waals surface area contributed by atoms with E-state index in [4.69, 9.17) is 21.1 Å². The highest BCUT2D eigenvalue weighted by atomic mass is 35.5. The smallest absolute Gasteiger partial charge is 0.338 e. The van der Waals surface area contributed by atoms with Crippen LogP contribution in [-0.2, 0) is 26.1 Å². The zero-order valence-electron chi connectivity index (χ0n) is 19.3. The van der Waals surface area contributed by atoms with Gasteiger partial charge in [-0.05, 0) is 63.6 Å². The molecule has 10 heteroatoms. The third-order valence-corrected chi connectivity index (χ3v) is 6.54. The van der Waals surface area contributed by atoms with Gasteiger partial charge in [-0.15, -0.1) is 0 Å². The van der Waals surface area contributed by atoms with Gasteiger partial charge in [-0.3, -0.25) is 4.79 Å². The molecule has 0 unspecified atom stereocenters. The van der Waals surface area contributed by atoms with Crippen molar-refractivity contribution < 1.29 is 27.5 Å². The minimum absolute atomic E-state index is 0.0318. The number of amides is 1. The molecule has 0 bridgehead atoms. The van der Waals surface area contributed by atoms with Crippen LogP contribution in [0.2, 0.25) is 5.02 Å². The molecule has 0 fully saturated rings. The summed E-state index contributed by atoms with van der Waals surface area (Å²) in [4.78, 5) is 26.0. The zero-order valence-corrected chi connectivity index (χ0v) is 20.9. The molecule has 2 aromatic carbocycles. The summed E-state index contributed by atoms with van der Waals surface area (Å²) >= 11 is 6.05. The Morgan fingerprint density at radius 1 is 1.09 bits per heavy atom. The standard InChI is InChI=1S/C23H29ClN2O6S/c1-6-31-18-10-7-16(8-11-18)14-26(5)21(27)15-32-22(28)17-9-12-19(24)20(13-17)33(29,30)25-23(2,3)4/h7-13,25H,6,14-15H2,1-5H3. The van der Waals surface area contributed by atoms with E-state index in [2.05, 4.69) is 4.72 Å². The fraction of sp³-hybridized carbons (Fsp3) is 0.391. The van der Waals surface area contributed by atoms with Gasteiger partial charge in [0.05, 0.1) is 17.2 Å². The van der Waals surface area contributed by atoms with E-state index in [0.717, 1.165) is 17.4 Å². The van der Waals surface area contributed by atoms with Gasteiger partial charge in [0.25, 0.3) is 5.91 Å². The average Bonchev–Trinajstić information content (AvgIpc) is 2.71. The van der Waals surface area contributed by atoms with Crippen molar-refractivity contribution in [1.29, 1.82) is 0 Å². The highest BCUT2D eigenvalue weighted by molar-refractivity contribution is 7.89. The predicted molar refractivity (Wildman–Crippen MR) is 126 cm³/mol. The average molecular weight is 497 g/mol. The first kappa shape index (κ1) is 26.6. The van der Waals surface area contributed by atoms with E-state index >= 15 is 0 Å². The second kappa shape index (κ2) is 11.0. The lowest BCUT2D eigenvalue weighted by Gasteiger charge is -2.21. The van der Waals surface area contributed by atoms with Crippen LogP contribution in [0.4, 0.5) is 0 Å². The minimum Gasteiger partial charge on any atom is -0.494 e. The predicted octanol–water partition coefficient (Wildman–Crippen LogP) is 3.63. The lowest BCUT2D eigenvalue weighted by atomic mass is 10.1. The third kappa shape index (κ3) is 8.03. The Bertz CT molecular complexity index is 1090. The molecular formula is C23H29ClN2O6S. The van der Waals surface area contributed by atoms with E-state index < -0.39 is 34.0 Å². The van der Waals surface area contributed by atoms with Crippen LogP contribution in [0, 0.1) is 0 Å². The molecule has 0 saturated heterocycles. The largest absolute Gasteiger partial charge is 0.494 e. The molecule has 0 aliphatic heterocycles. The van der Waals surface area contributed by atoms with Gasteiger partial charge in [-0.25, -0.2) is 17.9 Å². The Labute approximate surface area is 199 Å². The minimum atomic E-state index is -3.96. The van der Waals surface area contributed by atoms with Gasteiger partial charge in [0.15, 0.2) is 6.61 Å². The maximum atomic E-state index is 12.6. The summed E-state index contributed by atoms with van der Waals surface area (Å²) in [6, 6.07) is 11.1. The number of likely N-dealkylation sites (N-methyl/N-ethyl adjacent to an activating group) is 1. The van der Waals surface area contributed by atoms with Gasteiger partial charge >= 0.3 is 5.97 Å². The van der Waals surface area contributed by atoms with Crippen molar-refractivity contribution in [2.45, 2.75) is 44.7 Å². The van der Waals surface area contributed by atoms with Crippen LogP contribution in [0.25, 0.3) is 0 Å². The molecule has 180 valence electrons. The molecule has 1 amide bonds. The maximum absolute atomic E-state index is 12.6. The van der Waals surface area contributed by atoms with Crippen molar-refractivity contribution in [2.75, 3.05) is 20.3 Å². The van der Waals surface area contributed by atoms with Crippen molar-refractivity contribution in [1.82, 2.24) is 9.62 Å². The fourth-order valence-corrected chi connectivity index (χ4v) is 4.78. The Kier molecular flexibility index (Phi) is 8.88. The van der Waals surface area contributed by atoms with Gasteiger partial charge < -0.3 is 14.4 Å². The maximum Gasteiger partial charge on any atom is 0.338 e. The number of carbonyl (C=O) groups excluding carboxylic acids is 2. The van der Waals surface area contributed by atoms with E-state index in [9.17, 15) is 18.0 Å². The Hall–Kier alpha value is -2.62. The second-order valence-electron chi connectivity index (χ2n) is 8.40. The molecule has 0 spiro atoms. The Morgan fingerprint density at radius 2 is 1.73 bits per heavy atom. The molecule has 0 radical (unpaired) electrons. The van der Waals surface area contributed by atoms with Crippen LogP contribution in [0.1, 0.15) is 43.6 Å². The first-order valence-corrected chi connectivity index (χ1v) is 12.1. The van der Waals surface area contributed by atoms with Gasteiger partial charge in [0.1, 0.15) is 10.6 Å². The van der Waals surface area contributed by atoms with E-state index in [1.807, 2.05) is 31.2 Å². The van der Waals surface area contributed by atoms with Crippen LogP contribution < -0.4 is 9.46 Å². The number of ether oxygens (including phenoxy) is 2. The molecule has 0 aliphatic rings. The molecular weight excluding hydrogens is 468 g/mol. The normalized spacial score (nSPS) is 11.7. The number of nitrogens with zero attached hydrogens (tertiary/aromatic N) is 1. The highest BCUT2D eigenvalue weighted by Gasteiger charge is 2.26. The molecule has 0 atom stereocenters. The SMILES string of the molecule is CCOc1ccc(CN(C)C(=O)COC(=O)c2ccc(Cl)c(S(=O)(=O)NC(C)(C)C)c2)cc1. The van der Waals surface area contributed by atoms with Crippen LogP contribution in [0.3, 0.4) is 0 Å². The molecule has 1 N–H and O–H groups in total. The second-order valence-corrected chi connectivity index (χ2v) is 10.5. The third-order valence-electron chi connectivity index (χ3n) is 4.30. The molecule has 0 aromatic heterocycles. The van der Waals surface area contributed by atoms with E-state index in [0.29, 0.717) is 13.2 Å². The summed E-state index contributed by atoms with van der Waals surface area (Å²) in [6.07, 6.45) is 0. The van der Waals surface area contributed by atoms with Gasteiger partial charge in [0.2, 0.25) is 10.0 Å². The van der Waals surface area contributed by atoms with Crippen molar-refractivity contribution in [3.8, 4) is 5.75 Å². The number of esters is 1. The molecule has 8 nitrogen and oxygen atoms in total. The van der Waals surface area contributed by atoms with Crippen molar-refractivity contribution in [3.05, 3.63) is 58.6 Å². The number of halogens is 1. The number of carbonyl (C=O) groups is 2. The summed E-state index contributed by atoms with van der Waals surface area (Å²) in [5.41, 5.74) is 0.120. The van der Waals surface area contributed by atoms with Crippen LogP contribution in [-0.4, -0.2) is 51.0 Å². The van der Waals surface area contributed by atoms with E-state index in [-0.39, 0.29) is 15.5 Å². The summed E-state index contributed by atoms with van der Waals surface area (Å²) < 4.78 is 38.2. The zero-order chi connectivity index (χ0) is 24.8. The Balaban J connectivity index is 2.01. The van der Waals surface area contributed by atoms with Gasteiger partial charge in [-0.2, -0.15) is 0 Å². The number of hydrogen-bond donors (Lipinski definition) is 1. The monoisotopic (exact) mass is 496 g/mol. The Morgan fingerprint density at radius 3 is 2.30 bits per heavy atom. The highest BCUT2D eigenvalue weighted by Crippen LogP contribution is 2.24. The lowest BCUT2D eigenvalue weighted by molar-refractivity contribution is -0.133. The molecule has 0 heterocycles. The summed E-state index contributed by atoms with van der Waals surface area (Å²) in [7, 11) is -2.37. The van der Waals surface area contributed by atoms with Crippen LogP contribution >= 0.6 is 11.6 Å². The van der Waals surface area contributed by atoms with Crippen LogP contribution in [0.15, 0.2) is 47.4 Å². The van der Waals surface area contributed by atoms with Crippen LogP contribution in [0.5, 0.6) is 5.75 Å². The van der Waals surface area contributed by atoms with Crippen molar-refractivity contribution in [2.24, 2.45) is 0 Å². The van der Waals surface area contributed by atoms with Gasteiger partial charge in [0, 0.05) is 19.1 Å². The first-order valence-electron chi connectivity index (χ1n) is 10.3. The first-order chi connectivity index (χ1) is 15.3. The molecule has 0 saturated carbocycles. The molecule has 2 aromatic rings. The summed E-state index contributed by atoms with van der Waals surface area (Å²) in [6.45, 7) is 7.36. The lowest BCUT2D eigenvalue weighted by Crippen LogP contribution is -2.40. The molecule has 0 aliphatic carbocycles. The molecule has 33 heavy (non-hydrogen) atoms. The number of nitrogens with one attached hydrogen (secondary N) is 1. The fourth-order valence-electron chi connectivity index (χ4n) is 2.83. The summed E-state index contributed by atoms with van der Waals surface area (Å²) in [5.74, 6) is -0.499. The van der Waals surface area contributed by atoms with E-state index in [1.165, 1.54) is 17.0 Å². The summed E-state index contributed by atoms with van der Waals surface area (Å²) in [5, 5.41) is -0.0329. The topological polar surface area (TPSA) is 102 Å². The van der Waals surface area contributed by atoms with E-state index in [1.54, 1.807) is 27.8 Å². The number of hydrogen-bond acceptors (Lipinski definition) is 6. The van der Waals surface area contributed by atoms with Crippen molar-refractivity contribution >= 4 is 33.5 Å². The quantitative estimate of drug-likeness (QED) is 0.532.